The lowest BCUT2D eigenvalue weighted by Gasteiger charge is -2.20. The average Bonchev–Trinajstić information content (AvgIpc) is 2.72. The summed E-state index contributed by atoms with van der Waals surface area (Å²) in [4.78, 5) is 17.6. The summed E-state index contributed by atoms with van der Waals surface area (Å²) < 4.78 is 6.01. The number of amides is 1. The Morgan fingerprint density at radius 1 is 1.61 bits per heavy atom. The third-order valence-corrected chi connectivity index (χ3v) is 3.95. The predicted octanol–water partition coefficient (Wildman–Crippen LogP) is 1.41. The molecular weight excluding hydrogens is 298 g/mol. The zero-order valence-electron chi connectivity index (χ0n) is 10.4. The lowest BCUT2D eigenvalue weighted by atomic mass is 9.98. The summed E-state index contributed by atoms with van der Waals surface area (Å²) >= 11 is 3.47. The van der Waals surface area contributed by atoms with Crippen LogP contribution in [0.3, 0.4) is 0 Å². The van der Waals surface area contributed by atoms with Crippen molar-refractivity contribution < 1.29 is 9.53 Å². The van der Waals surface area contributed by atoms with Crippen LogP contribution in [0.1, 0.15) is 6.92 Å². The highest BCUT2D eigenvalue weighted by Crippen LogP contribution is 2.34. The van der Waals surface area contributed by atoms with Gasteiger partial charge in [0.05, 0.1) is 23.2 Å². The van der Waals surface area contributed by atoms with Crippen LogP contribution in [0.15, 0.2) is 16.7 Å². The molecule has 0 saturated carbocycles. The molecule has 1 aliphatic rings. The first-order chi connectivity index (χ1) is 8.52. The molecule has 98 valence electrons. The minimum absolute atomic E-state index is 0.101. The second kappa shape index (κ2) is 5.14. The van der Waals surface area contributed by atoms with Crippen LogP contribution in [0.5, 0.6) is 5.88 Å². The van der Waals surface area contributed by atoms with Crippen molar-refractivity contribution >= 4 is 27.5 Å². The molecule has 0 aliphatic carbocycles. The van der Waals surface area contributed by atoms with Crippen molar-refractivity contribution in [3.05, 3.63) is 16.7 Å². The van der Waals surface area contributed by atoms with E-state index in [0.717, 1.165) is 16.7 Å². The molecule has 2 rings (SSSR count). The largest absolute Gasteiger partial charge is 0.481 e. The number of methoxy groups -OCH3 is 1. The van der Waals surface area contributed by atoms with Gasteiger partial charge in [0, 0.05) is 25.4 Å². The molecule has 1 aromatic rings. The van der Waals surface area contributed by atoms with Crippen molar-refractivity contribution in [1.29, 1.82) is 0 Å². The minimum Gasteiger partial charge on any atom is -0.481 e. The Balaban J connectivity index is 2.25. The van der Waals surface area contributed by atoms with Crippen LogP contribution in [0, 0.1) is 11.8 Å². The molecule has 1 saturated heterocycles. The van der Waals surface area contributed by atoms with Gasteiger partial charge in [0.1, 0.15) is 0 Å². The molecule has 1 amide bonds. The molecule has 1 aliphatic heterocycles. The zero-order chi connectivity index (χ0) is 13.3. The van der Waals surface area contributed by atoms with Crippen molar-refractivity contribution in [3.8, 4) is 5.88 Å². The molecule has 2 heterocycles. The number of anilines is 1. The van der Waals surface area contributed by atoms with E-state index in [2.05, 4.69) is 25.8 Å². The fourth-order valence-corrected chi connectivity index (χ4v) is 2.77. The smallest absolute Gasteiger partial charge is 0.222 e. The third kappa shape index (κ3) is 2.43. The molecule has 2 atom stereocenters. The van der Waals surface area contributed by atoms with Crippen LogP contribution < -0.4 is 15.4 Å². The topological polar surface area (TPSA) is 68.5 Å². The minimum atomic E-state index is -0.234. The van der Waals surface area contributed by atoms with Crippen molar-refractivity contribution in [1.82, 2.24) is 4.98 Å². The maximum Gasteiger partial charge on any atom is 0.222 e. The van der Waals surface area contributed by atoms with E-state index in [1.54, 1.807) is 13.3 Å². The first-order valence-electron chi connectivity index (χ1n) is 5.76. The molecule has 6 heteroatoms. The molecule has 5 nitrogen and oxygen atoms in total. The van der Waals surface area contributed by atoms with Gasteiger partial charge in [0.15, 0.2) is 0 Å². The number of hydrogen-bond donors (Lipinski definition) is 1. The fourth-order valence-electron chi connectivity index (χ4n) is 2.30. The normalized spacial score (nSPS) is 23.2. The number of rotatable bonds is 3. The molecule has 18 heavy (non-hydrogen) atoms. The average molecular weight is 314 g/mol. The lowest BCUT2D eigenvalue weighted by Crippen LogP contribution is -2.29. The number of halogens is 1. The van der Waals surface area contributed by atoms with Gasteiger partial charge < -0.3 is 15.4 Å². The van der Waals surface area contributed by atoms with Gasteiger partial charge in [-0.15, -0.1) is 0 Å². The molecule has 2 N–H and O–H groups in total. The van der Waals surface area contributed by atoms with Crippen LogP contribution in [0.2, 0.25) is 0 Å². The van der Waals surface area contributed by atoms with Crippen LogP contribution in [0.4, 0.5) is 5.69 Å². The van der Waals surface area contributed by atoms with Crippen LogP contribution in [-0.4, -0.2) is 31.1 Å². The Morgan fingerprint density at radius 3 is 2.89 bits per heavy atom. The van der Waals surface area contributed by atoms with Crippen LogP contribution in [-0.2, 0) is 4.79 Å². The van der Waals surface area contributed by atoms with E-state index < -0.39 is 0 Å². The van der Waals surface area contributed by atoms with E-state index >= 15 is 0 Å². The number of carbonyl (C=O) groups is 1. The number of primary amides is 1. The van der Waals surface area contributed by atoms with E-state index in [9.17, 15) is 4.79 Å². The highest BCUT2D eigenvalue weighted by molar-refractivity contribution is 9.10. The Kier molecular flexibility index (Phi) is 3.75. The van der Waals surface area contributed by atoms with Crippen LogP contribution in [0.25, 0.3) is 0 Å². The van der Waals surface area contributed by atoms with Gasteiger partial charge in [-0.3, -0.25) is 4.79 Å². The van der Waals surface area contributed by atoms with Crippen molar-refractivity contribution in [2.45, 2.75) is 6.92 Å². The summed E-state index contributed by atoms with van der Waals surface area (Å²) in [5.41, 5.74) is 6.39. The fraction of sp³-hybridized carbons (Fsp3) is 0.500. The summed E-state index contributed by atoms with van der Waals surface area (Å²) in [6, 6.07) is 1.86. The lowest BCUT2D eigenvalue weighted by molar-refractivity contribution is -0.122. The zero-order valence-corrected chi connectivity index (χ0v) is 12.0. The van der Waals surface area contributed by atoms with Gasteiger partial charge in [-0.2, -0.15) is 0 Å². The van der Waals surface area contributed by atoms with Gasteiger partial charge in [-0.25, -0.2) is 4.98 Å². The highest BCUT2D eigenvalue weighted by Gasteiger charge is 2.34. The Bertz CT molecular complexity index is 467. The van der Waals surface area contributed by atoms with Crippen molar-refractivity contribution in [3.63, 3.8) is 0 Å². The van der Waals surface area contributed by atoms with E-state index in [-0.39, 0.29) is 17.7 Å². The highest BCUT2D eigenvalue weighted by atomic mass is 79.9. The van der Waals surface area contributed by atoms with Crippen molar-refractivity contribution in [2.24, 2.45) is 17.6 Å². The SMILES string of the molecule is COc1cc(N2C[C@@H](C)[C@H](C(N)=O)C2)c(Br)cn1. The monoisotopic (exact) mass is 313 g/mol. The first kappa shape index (κ1) is 13.1. The van der Waals surface area contributed by atoms with Crippen LogP contribution >= 0.6 is 15.9 Å². The summed E-state index contributed by atoms with van der Waals surface area (Å²) in [5, 5.41) is 0. The molecule has 0 unspecified atom stereocenters. The van der Waals surface area contributed by atoms with E-state index in [1.165, 1.54) is 0 Å². The quantitative estimate of drug-likeness (QED) is 0.916. The number of ether oxygens (including phenoxy) is 1. The van der Waals surface area contributed by atoms with Gasteiger partial charge in [-0.05, 0) is 21.8 Å². The second-order valence-corrected chi connectivity index (χ2v) is 5.42. The van der Waals surface area contributed by atoms with Gasteiger partial charge in [0.2, 0.25) is 11.8 Å². The number of nitrogens with two attached hydrogens (primary N) is 1. The second-order valence-electron chi connectivity index (χ2n) is 4.57. The molecule has 0 radical (unpaired) electrons. The van der Waals surface area contributed by atoms with Crippen molar-refractivity contribution in [2.75, 3.05) is 25.1 Å². The number of pyridine rings is 1. The van der Waals surface area contributed by atoms with E-state index in [1.807, 2.05) is 13.0 Å². The summed E-state index contributed by atoms with van der Waals surface area (Å²) in [5.74, 6) is 0.482. The van der Waals surface area contributed by atoms with E-state index in [4.69, 9.17) is 10.5 Å². The number of aromatic nitrogens is 1. The van der Waals surface area contributed by atoms with Gasteiger partial charge in [-0.1, -0.05) is 6.92 Å². The molecule has 0 aromatic carbocycles. The maximum atomic E-state index is 11.3. The Hall–Kier alpha value is -1.30. The van der Waals surface area contributed by atoms with E-state index in [0.29, 0.717) is 12.4 Å². The van der Waals surface area contributed by atoms with Gasteiger partial charge >= 0.3 is 0 Å². The Labute approximate surface area is 114 Å². The molecular formula is C12H16BrN3O2. The predicted molar refractivity (Wildman–Crippen MR) is 72.6 cm³/mol. The molecule has 0 bridgehead atoms. The van der Waals surface area contributed by atoms with Gasteiger partial charge in [0.25, 0.3) is 0 Å². The standard InChI is InChI=1S/C12H16BrN3O2/c1-7-5-16(6-8(7)12(14)17)10-3-11(18-2)15-4-9(10)13/h3-4,7-8H,5-6H2,1-2H3,(H2,14,17)/t7-,8-/m1/s1. The Morgan fingerprint density at radius 2 is 2.33 bits per heavy atom. The molecule has 1 aromatic heterocycles. The number of carbonyl (C=O) groups excluding carboxylic acids is 1. The summed E-state index contributed by atoms with van der Waals surface area (Å²) in [7, 11) is 1.58. The molecule has 1 fully saturated rings. The number of hydrogen-bond acceptors (Lipinski definition) is 4. The third-order valence-electron chi connectivity index (χ3n) is 3.34. The first-order valence-corrected chi connectivity index (χ1v) is 6.56. The summed E-state index contributed by atoms with van der Waals surface area (Å²) in [6.45, 7) is 3.49. The maximum absolute atomic E-state index is 11.3. The summed E-state index contributed by atoms with van der Waals surface area (Å²) in [6.07, 6.45) is 1.70. The number of nitrogens with zero attached hydrogens (tertiary/aromatic N) is 2. The molecule has 0 spiro atoms.